The molecule has 27 heavy (non-hydrogen) atoms. The van der Waals surface area contributed by atoms with Crippen LogP contribution in [-0.2, 0) is 15.8 Å². The summed E-state index contributed by atoms with van der Waals surface area (Å²) in [6.07, 6.45) is -4.72. The maximum absolute atomic E-state index is 13.6. The topological polar surface area (TPSA) is 49.4 Å². The summed E-state index contributed by atoms with van der Waals surface area (Å²) in [4.78, 5) is 25.6. The number of anilines is 2. The molecule has 1 N–H and O–H groups in total. The largest absolute Gasteiger partial charge is 0.416 e. The zero-order valence-electron chi connectivity index (χ0n) is 13.7. The third-order valence-corrected chi connectivity index (χ3v) is 4.21. The number of hydrogen-bond acceptors (Lipinski definition) is 2. The monoisotopic (exact) mass is 384 g/mol. The second-order valence-corrected chi connectivity index (χ2v) is 6.04. The van der Waals surface area contributed by atoms with Crippen LogP contribution in [0.3, 0.4) is 0 Å². The van der Waals surface area contributed by atoms with Crippen molar-refractivity contribution in [2.75, 3.05) is 16.8 Å². The fourth-order valence-corrected chi connectivity index (χ4v) is 2.81. The lowest BCUT2D eigenvalue weighted by atomic mass is 10.1. The molecule has 4 nitrogen and oxygen atoms in total. The van der Waals surface area contributed by atoms with Gasteiger partial charge in [0.25, 0.3) is 0 Å². The van der Waals surface area contributed by atoms with Crippen LogP contribution in [0.1, 0.15) is 12.0 Å². The molecule has 9 heteroatoms. The molecule has 0 aromatic heterocycles. The fraction of sp³-hybridized carbons (Fsp3) is 0.222. The number of rotatable bonds is 3. The molecule has 0 bridgehead atoms. The smallest absolute Gasteiger partial charge is 0.321 e. The van der Waals surface area contributed by atoms with Crippen molar-refractivity contribution in [2.24, 2.45) is 5.92 Å². The van der Waals surface area contributed by atoms with Crippen LogP contribution in [0.4, 0.5) is 33.3 Å². The van der Waals surface area contributed by atoms with Crippen molar-refractivity contribution in [3.63, 3.8) is 0 Å². The van der Waals surface area contributed by atoms with Crippen LogP contribution in [-0.4, -0.2) is 18.4 Å². The minimum absolute atomic E-state index is 0.105. The minimum Gasteiger partial charge on any atom is -0.321 e. The Kier molecular flexibility index (Phi) is 4.86. The fourth-order valence-electron chi connectivity index (χ4n) is 2.81. The predicted molar refractivity (Wildman–Crippen MR) is 86.9 cm³/mol. The van der Waals surface area contributed by atoms with Crippen LogP contribution in [0.2, 0.25) is 0 Å². The molecule has 142 valence electrons. The molecule has 0 radical (unpaired) electrons. The van der Waals surface area contributed by atoms with E-state index in [1.54, 1.807) is 0 Å². The number of carbonyl (C=O) groups is 2. The average molecular weight is 384 g/mol. The van der Waals surface area contributed by atoms with E-state index < -0.39 is 46.8 Å². The first kappa shape index (κ1) is 18.8. The first-order valence-corrected chi connectivity index (χ1v) is 7.89. The van der Waals surface area contributed by atoms with E-state index in [-0.39, 0.29) is 18.7 Å². The van der Waals surface area contributed by atoms with Gasteiger partial charge in [-0.3, -0.25) is 9.59 Å². The van der Waals surface area contributed by atoms with Gasteiger partial charge in [-0.1, -0.05) is 6.07 Å². The van der Waals surface area contributed by atoms with E-state index in [9.17, 15) is 31.5 Å². The van der Waals surface area contributed by atoms with Gasteiger partial charge in [-0.15, -0.1) is 0 Å². The summed E-state index contributed by atoms with van der Waals surface area (Å²) in [6.45, 7) is -0.105. The van der Waals surface area contributed by atoms with E-state index in [2.05, 4.69) is 5.32 Å². The maximum atomic E-state index is 13.6. The lowest BCUT2D eigenvalue weighted by Crippen LogP contribution is -2.28. The molecule has 1 atom stereocenters. The number of amides is 2. The van der Waals surface area contributed by atoms with Crippen molar-refractivity contribution in [1.82, 2.24) is 0 Å². The number of nitrogens with one attached hydrogen (secondary N) is 1. The van der Waals surface area contributed by atoms with Crippen LogP contribution in [0.25, 0.3) is 0 Å². The third kappa shape index (κ3) is 3.91. The number of para-hydroxylation sites is 1. The lowest BCUT2D eigenvalue weighted by molar-refractivity contribution is -0.137. The van der Waals surface area contributed by atoms with Crippen molar-refractivity contribution in [3.05, 3.63) is 59.7 Å². The Labute approximate surface area is 150 Å². The number of alkyl halides is 3. The average Bonchev–Trinajstić information content (AvgIpc) is 2.99. The molecular formula is C18H13F5N2O2. The van der Waals surface area contributed by atoms with Gasteiger partial charge in [0.2, 0.25) is 11.8 Å². The third-order valence-electron chi connectivity index (χ3n) is 4.21. The van der Waals surface area contributed by atoms with Gasteiger partial charge in [0.1, 0.15) is 17.3 Å². The highest BCUT2D eigenvalue weighted by Crippen LogP contribution is 2.32. The normalized spacial score (nSPS) is 17.3. The highest BCUT2D eigenvalue weighted by atomic mass is 19.4. The standard InChI is InChI=1S/C18H13F5N2O2/c19-13-2-1-3-14(20)16(13)24-17(27)10-8-15(26)25(9-10)12-6-4-11(5-7-12)18(21,22)23/h1-7,10H,8-9H2,(H,24,27). The van der Waals surface area contributed by atoms with Crippen molar-refractivity contribution in [1.29, 1.82) is 0 Å². The van der Waals surface area contributed by atoms with Crippen molar-refractivity contribution in [2.45, 2.75) is 12.6 Å². The number of carbonyl (C=O) groups excluding carboxylic acids is 2. The van der Waals surface area contributed by atoms with E-state index in [4.69, 9.17) is 0 Å². The van der Waals surface area contributed by atoms with Gasteiger partial charge in [0.15, 0.2) is 0 Å². The molecule has 1 aliphatic heterocycles. The van der Waals surface area contributed by atoms with Gasteiger partial charge in [-0.2, -0.15) is 13.2 Å². The van der Waals surface area contributed by atoms with Crippen LogP contribution in [0.5, 0.6) is 0 Å². The zero-order valence-corrected chi connectivity index (χ0v) is 13.7. The highest BCUT2D eigenvalue weighted by Gasteiger charge is 2.36. The summed E-state index contributed by atoms with van der Waals surface area (Å²) in [7, 11) is 0. The van der Waals surface area contributed by atoms with Crippen LogP contribution in [0, 0.1) is 17.6 Å². The lowest BCUT2D eigenvalue weighted by Gasteiger charge is -2.17. The van der Waals surface area contributed by atoms with Gasteiger partial charge < -0.3 is 10.2 Å². The molecule has 1 aliphatic rings. The molecule has 3 rings (SSSR count). The first-order valence-electron chi connectivity index (χ1n) is 7.89. The molecule has 2 aromatic rings. The molecule has 1 fully saturated rings. The number of nitrogens with zero attached hydrogens (tertiary/aromatic N) is 1. The van der Waals surface area contributed by atoms with Gasteiger partial charge in [-0.25, -0.2) is 8.78 Å². The predicted octanol–water partition coefficient (Wildman–Crippen LogP) is 3.98. The van der Waals surface area contributed by atoms with E-state index in [1.807, 2.05) is 0 Å². The van der Waals surface area contributed by atoms with E-state index in [1.165, 1.54) is 4.90 Å². The van der Waals surface area contributed by atoms with Crippen molar-refractivity contribution < 1.29 is 31.5 Å². The van der Waals surface area contributed by atoms with Crippen LogP contribution >= 0.6 is 0 Å². The molecule has 2 amide bonds. The molecule has 1 heterocycles. The van der Waals surface area contributed by atoms with E-state index in [0.717, 1.165) is 42.5 Å². The Balaban J connectivity index is 1.72. The first-order chi connectivity index (χ1) is 12.7. The Bertz CT molecular complexity index is 860. The number of halogens is 5. The molecule has 0 saturated carbocycles. The Hall–Kier alpha value is -2.97. The molecule has 0 aliphatic carbocycles. The van der Waals surface area contributed by atoms with E-state index in [0.29, 0.717) is 0 Å². The highest BCUT2D eigenvalue weighted by molar-refractivity contribution is 6.03. The minimum atomic E-state index is -4.50. The summed E-state index contributed by atoms with van der Waals surface area (Å²) >= 11 is 0. The summed E-state index contributed by atoms with van der Waals surface area (Å²) in [5, 5.41) is 2.13. The number of benzene rings is 2. The van der Waals surface area contributed by atoms with Gasteiger partial charge in [-0.05, 0) is 36.4 Å². The van der Waals surface area contributed by atoms with E-state index >= 15 is 0 Å². The quantitative estimate of drug-likeness (QED) is 0.814. The summed E-state index contributed by atoms with van der Waals surface area (Å²) < 4.78 is 65.1. The molecular weight excluding hydrogens is 371 g/mol. The Morgan fingerprint density at radius 2 is 1.63 bits per heavy atom. The van der Waals surface area contributed by atoms with Gasteiger partial charge in [0.05, 0.1) is 11.5 Å². The Morgan fingerprint density at radius 3 is 2.19 bits per heavy atom. The number of hydrogen-bond donors (Lipinski definition) is 1. The molecule has 1 saturated heterocycles. The zero-order chi connectivity index (χ0) is 19.8. The molecule has 1 unspecified atom stereocenters. The molecule has 2 aromatic carbocycles. The maximum Gasteiger partial charge on any atom is 0.416 e. The SMILES string of the molecule is O=C(Nc1c(F)cccc1F)C1CC(=O)N(c2ccc(C(F)(F)F)cc2)C1. The van der Waals surface area contributed by atoms with Crippen LogP contribution < -0.4 is 10.2 Å². The second-order valence-electron chi connectivity index (χ2n) is 6.04. The van der Waals surface area contributed by atoms with Gasteiger partial charge >= 0.3 is 6.18 Å². The van der Waals surface area contributed by atoms with Gasteiger partial charge in [0, 0.05) is 18.7 Å². The Morgan fingerprint density at radius 1 is 1.04 bits per heavy atom. The molecule has 0 spiro atoms. The summed E-state index contributed by atoms with van der Waals surface area (Å²) in [5.41, 5.74) is -1.26. The van der Waals surface area contributed by atoms with Crippen molar-refractivity contribution >= 4 is 23.2 Å². The van der Waals surface area contributed by atoms with Crippen molar-refractivity contribution in [3.8, 4) is 0 Å². The second kappa shape index (κ2) is 6.98. The summed E-state index contributed by atoms with van der Waals surface area (Å²) in [6, 6.07) is 7.05. The summed E-state index contributed by atoms with van der Waals surface area (Å²) in [5.74, 6) is -4.01. The van der Waals surface area contributed by atoms with Crippen LogP contribution in [0.15, 0.2) is 42.5 Å².